The van der Waals surface area contributed by atoms with Gasteiger partial charge in [-0.25, -0.2) is 14.2 Å². The Balaban J connectivity index is 1.48. The monoisotopic (exact) mass is 556 g/mol. The third-order valence-electron chi connectivity index (χ3n) is 7.34. The van der Waals surface area contributed by atoms with Crippen molar-refractivity contribution in [3.8, 4) is 5.75 Å². The average molecular weight is 557 g/mol. The number of aromatic amines is 1. The van der Waals surface area contributed by atoms with Crippen LogP contribution in [0, 0.1) is 5.82 Å². The van der Waals surface area contributed by atoms with E-state index in [1.54, 1.807) is 27.0 Å². The number of hydrogen-bond donors (Lipinski definition) is 2. The number of ether oxygens (including phenoxy) is 2. The van der Waals surface area contributed by atoms with E-state index in [4.69, 9.17) is 19.0 Å². The molecule has 1 aliphatic rings. The maximum Gasteiger partial charge on any atom is 0.439 e. The molecule has 210 valence electrons. The molecule has 1 aliphatic heterocycles. The van der Waals surface area contributed by atoms with Crippen LogP contribution in [0.3, 0.4) is 0 Å². The van der Waals surface area contributed by atoms with Gasteiger partial charge < -0.3 is 19.1 Å². The number of benzene rings is 3. The second-order valence-corrected chi connectivity index (χ2v) is 10.6. The van der Waals surface area contributed by atoms with Crippen molar-refractivity contribution < 1.29 is 23.5 Å². The molecular weight excluding hydrogens is 527 g/mol. The van der Waals surface area contributed by atoms with Gasteiger partial charge in [-0.1, -0.05) is 29.4 Å². The Kier molecular flexibility index (Phi) is 6.59. The molecule has 0 bridgehead atoms. The maximum absolute atomic E-state index is 14.2. The summed E-state index contributed by atoms with van der Waals surface area (Å²) < 4.78 is 32.6. The van der Waals surface area contributed by atoms with Crippen molar-refractivity contribution in [3.05, 3.63) is 110 Å². The van der Waals surface area contributed by atoms with Crippen LogP contribution in [-0.4, -0.2) is 31.9 Å². The van der Waals surface area contributed by atoms with Crippen LogP contribution in [0.4, 0.5) is 4.39 Å². The fourth-order valence-corrected chi connectivity index (χ4v) is 5.43. The van der Waals surface area contributed by atoms with E-state index in [1.165, 1.54) is 12.1 Å². The highest BCUT2D eigenvalue weighted by atomic mass is 19.1. The van der Waals surface area contributed by atoms with E-state index in [0.717, 1.165) is 44.7 Å². The number of imidazole rings is 1. The number of H-pyrrole nitrogens is 1. The largest absolute Gasteiger partial charge is 0.488 e. The highest BCUT2D eigenvalue weighted by molar-refractivity contribution is 5.99. The second-order valence-electron chi connectivity index (χ2n) is 10.6. The summed E-state index contributed by atoms with van der Waals surface area (Å²) >= 11 is 0. The van der Waals surface area contributed by atoms with Gasteiger partial charge in [0.05, 0.1) is 16.6 Å². The number of nitrogens with one attached hydrogen (secondary N) is 1. The fourth-order valence-electron chi connectivity index (χ4n) is 5.43. The number of nitrogens with zero attached hydrogens (tertiary/aromatic N) is 3. The zero-order valence-electron chi connectivity index (χ0n) is 23.1. The van der Waals surface area contributed by atoms with Crippen LogP contribution in [0.1, 0.15) is 60.2 Å². The fraction of sp³-hybridized carbons (Fsp3) is 0.258. The molecular formula is C31H29FN4O5. The molecule has 0 radical (unpaired) electrons. The highest BCUT2D eigenvalue weighted by Gasteiger charge is 2.25. The number of halogens is 1. The molecule has 0 spiro atoms. The van der Waals surface area contributed by atoms with Crippen LogP contribution in [0.5, 0.6) is 5.75 Å². The van der Waals surface area contributed by atoms with Gasteiger partial charge in [0.25, 0.3) is 0 Å². The van der Waals surface area contributed by atoms with Crippen molar-refractivity contribution in [2.45, 2.75) is 46.1 Å². The second kappa shape index (κ2) is 10.1. The van der Waals surface area contributed by atoms with Crippen LogP contribution < -0.4 is 10.5 Å². The maximum atomic E-state index is 14.2. The van der Waals surface area contributed by atoms with E-state index >= 15 is 0 Å². The Hall–Kier alpha value is -4.54. The van der Waals surface area contributed by atoms with Crippen LogP contribution in [0.2, 0.25) is 0 Å². The predicted molar refractivity (Wildman–Crippen MR) is 151 cm³/mol. The molecule has 0 saturated carbocycles. The lowest BCUT2D eigenvalue weighted by molar-refractivity contribution is 0.0800. The van der Waals surface area contributed by atoms with Crippen molar-refractivity contribution in [2.75, 3.05) is 7.11 Å². The van der Waals surface area contributed by atoms with Gasteiger partial charge in [-0.3, -0.25) is 9.51 Å². The smallest absolute Gasteiger partial charge is 0.439 e. The lowest BCUT2D eigenvalue weighted by Crippen LogP contribution is -2.16. The molecule has 9 nitrogen and oxygen atoms in total. The van der Waals surface area contributed by atoms with Crippen LogP contribution in [-0.2, 0) is 30.1 Å². The standard InChI is InChI=1S/C31H29FN4O5/c1-17(29-34-30(37)41-35-29)27-21-10-8-18(12-19(21)15-40-25-13-20(32)9-11-22(25)27)14-36-24-7-5-6-23(31(2,3)38)28(24)33-26(36)16-39-4/h5-13,38H,14-16H2,1-4H3,(H,34,35,37)/b27-17+. The minimum absolute atomic E-state index is 0.212. The first kappa shape index (κ1) is 26.7. The van der Waals surface area contributed by atoms with Crippen molar-refractivity contribution in [1.29, 1.82) is 0 Å². The number of rotatable bonds is 6. The third-order valence-corrected chi connectivity index (χ3v) is 7.34. The molecule has 3 heterocycles. The Morgan fingerprint density at radius 1 is 1.17 bits per heavy atom. The summed E-state index contributed by atoms with van der Waals surface area (Å²) in [6, 6.07) is 16.3. The predicted octanol–water partition coefficient (Wildman–Crippen LogP) is 5.15. The Labute approximate surface area is 234 Å². The van der Waals surface area contributed by atoms with E-state index in [9.17, 15) is 14.3 Å². The first-order chi connectivity index (χ1) is 19.6. The number of aromatic nitrogens is 4. The molecule has 0 atom stereocenters. The summed E-state index contributed by atoms with van der Waals surface area (Å²) in [5.74, 6) is 0.343. The number of hydrogen-bond acceptors (Lipinski definition) is 7. The summed E-state index contributed by atoms with van der Waals surface area (Å²) in [6.45, 7) is 6.33. The SMILES string of the molecule is COCc1nc2c(C(C)(C)O)cccc2n1Cc1ccc2c(c1)COc1cc(F)ccc1/C2=C(\C)c1noc(=O)[nH]1. The molecule has 0 fully saturated rings. The minimum atomic E-state index is -1.06. The van der Waals surface area contributed by atoms with Gasteiger partial charge in [0.15, 0.2) is 5.82 Å². The van der Waals surface area contributed by atoms with Crippen molar-refractivity contribution in [2.24, 2.45) is 0 Å². The summed E-state index contributed by atoms with van der Waals surface area (Å²) in [7, 11) is 1.62. The first-order valence-corrected chi connectivity index (χ1v) is 13.2. The number of allylic oxidation sites excluding steroid dienone is 1. The molecule has 10 heteroatoms. The minimum Gasteiger partial charge on any atom is -0.488 e. The van der Waals surface area contributed by atoms with E-state index in [0.29, 0.717) is 30.0 Å². The normalized spacial score (nSPS) is 14.4. The van der Waals surface area contributed by atoms with Crippen molar-refractivity contribution in [3.63, 3.8) is 0 Å². The van der Waals surface area contributed by atoms with Gasteiger partial charge in [-0.2, -0.15) is 0 Å². The van der Waals surface area contributed by atoms with Crippen molar-refractivity contribution in [1.82, 2.24) is 19.7 Å². The molecule has 0 unspecified atom stereocenters. The quantitative estimate of drug-likeness (QED) is 0.297. The van der Waals surface area contributed by atoms with E-state index < -0.39 is 17.2 Å². The summed E-state index contributed by atoms with van der Waals surface area (Å²) in [4.78, 5) is 19.2. The summed E-state index contributed by atoms with van der Waals surface area (Å²) in [5.41, 5.74) is 6.13. The van der Waals surface area contributed by atoms with Gasteiger partial charge >= 0.3 is 5.76 Å². The molecule has 0 aliphatic carbocycles. The van der Waals surface area contributed by atoms with Crippen molar-refractivity contribution >= 4 is 22.2 Å². The van der Waals surface area contributed by atoms with Gasteiger partial charge in [0.1, 0.15) is 30.6 Å². The van der Waals surface area contributed by atoms with Crippen LogP contribution >= 0.6 is 0 Å². The number of fused-ring (bicyclic) bond motifs is 3. The molecule has 6 rings (SSSR count). The lowest BCUT2D eigenvalue weighted by atomic mass is 9.89. The van der Waals surface area contributed by atoms with Gasteiger partial charge in [-0.15, -0.1) is 0 Å². The molecule has 2 aromatic heterocycles. The van der Waals surface area contributed by atoms with Gasteiger partial charge in [0.2, 0.25) is 0 Å². The molecule has 0 amide bonds. The Morgan fingerprint density at radius 3 is 2.71 bits per heavy atom. The zero-order valence-corrected chi connectivity index (χ0v) is 23.1. The van der Waals surface area contributed by atoms with E-state index in [1.807, 2.05) is 37.3 Å². The molecule has 41 heavy (non-hydrogen) atoms. The Bertz CT molecular complexity index is 1880. The molecule has 5 aromatic rings. The highest BCUT2D eigenvalue weighted by Crippen LogP contribution is 2.41. The lowest BCUT2D eigenvalue weighted by Gasteiger charge is -2.18. The number of aliphatic hydroxyl groups is 1. The summed E-state index contributed by atoms with van der Waals surface area (Å²) in [5, 5.41) is 14.6. The topological polar surface area (TPSA) is 115 Å². The molecule has 0 saturated heterocycles. The molecule has 2 N–H and O–H groups in total. The van der Waals surface area contributed by atoms with E-state index in [2.05, 4.69) is 20.8 Å². The Morgan fingerprint density at radius 2 is 1.98 bits per heavy atom. The summed E-state index contributed by atoms with van der Waals surface area (Å²) in [6.07, 6.45) is 0. The van der Waals surface area contributed by atoms with Gasteiger partial charge in [0, 0.05) is 36.4 Å². The number of para-hydroxylation sites is 1. The van der Waals surface area contributed by atoms with Crippen LogP contribution in [0.15, 0.2) is 63.9 Å². The van der Waals surface area contributed by atoms with Gasteiger partial charge in [-0.05, 0) is 67.3 Å². The number of methoxy groups -OCH3 is 1. The molecule has 3 aromatic carbocycles. The third kappa shape index (κ3) is 4.85. The average Bonchev–Trinajstić information content (AvgIpc) is 3.47. The zero-order chi connectivity index (χ0) is 28.9. The van der Waals surface area contributed by atoms with Crippen LogP contribution in [0.25, 0.3) is 22.2 Å². The van der Waals surface area contributed by atoms with E-state index in [-0.39, 0.29) is 12.4 Å². The first-order valence-electron chi connectivity index (χ1n) is 13.2.